The molecule has 3 aliphatic rings. The normalized spacial score (nSPS) is 19.8. The van der Waals surface area contributed by atoms with Gasteiger partial charge in [-0.25, -0.2) is 9.48 Å². The van der Waals surface area contributed by atoms with Crippen LogP contribution < -0.4 is 20.3 Å². The third-order valence-corrected chi connectivity index (χ3v) is 11.6. The van der Waals surface area contributed by atoms with Crippen LogP contribution in [0.25, 0.3) is 11.3 Å². The van der Waals surface area contributed by atoms with Crippen LogP contribution in [0.2, 0.25) is 5.02 Å². The Hall–Kier alpha value is -5.18. The minimum absolute atomic E-state index is 0.165. The van der Waals surface area contributed by atoms with E-state index in [2.05, 4.69) is 76.5 Å². The number of hydrogen-bond acceptors (Lipinski definition) is 9. The summed E-state index contributed by atoms with van der Waals surface area (Å²) < 4.78 is 16.1. The van der Waals surface area contributed by atoms with Crippen molar-refractivity contribution in [2.24, 2.45) is 0 Å². The molecule has 0 bridgehead atoms. The highest BCUT2D eigenvalue weighted by Gasteiger charge is 2.31. The summed E-state index contributed by atoms with van der Waals surface area (Å²) in [5, 5.41) is 28.0. The number of benzene rings is 2. The van der Waals surface area contributed by atoms with Gasteiger partial charge in [-0.3, -0.25) is 19.4 Å². The number of fused-ring (bicyclic) bond motifs is 2. The van der Waals surface area contributed by atoms with E-state index in [1.54, 1.807) is 0 Å². The molecular formula is C43H54ClN9O5. The van der Waals surface area contributed by atoms with E-state index in [4.69, 9.17) is 36.1 Å². The maximum absolute atomic E-state index is 13.8. The van der Waals surface area contributed by atoms with Crippen LogP contribution in [-0.2, 0) is 21.4 Å². The fraction of sp³-hybridized carbons (Fsp3) is 0.465. The minimum Gasteiger partial charge on any atom is -0.484 e. The van der Waals surface area contributed by atoms with Crippen LogP contribution in [0.3, 0.4) is 0 Å². The summed E-state index contributed by atoms with van der Waals surface area (Å²) in [5.41, 5.74) is 5.45. The molecule has 0 radical (unpaired) electrons. The van der Waals surface area contributed by atoms with Gasteiger partial charge in [-0.15, -0.1) is 10.2 Å². The highest BCUT2D eigenvalue weighted by atomic mass is 35.5. The van der Waals surface area contributed by atoms with Crippen LogP contribution in [0.15, 0.2) is 66.9 Å². The molecule has 15 heteroatoms. The highest BCUT2D eigenvalue weighted by Crippen LogP contribution is 2.39. The molecule has 2 saturated heterocycles. The Balaban J connectivity index is 0.00000166. The molecule has 2 aliphatic heterocycles. The van der Waals surface area contributed by atoms with Crippen LogP contribution in [-0.4, -0.2) is 92.3 Å². The van der Waals surface area contributed by atoms with Gasteiger partial charge in [-0.05, 0) is 92.5 Å². The second kappa shape index (κ2) is 18.2. The van der Waals surface area contributed by atoms with Gasteiger partial charge in [-0.2, -0.15) is 5.10 Å². The van der Waals surface area contributed by atoms with Gasteiger partial charge < -0.3 is 24.8 Å². The van der Waals surface area contributed by atoms with Crippen molar-refractivity contribution in [1.82, 2.24) is 34.6 Å². The van der Waals surface area contributed by atoms with Gasteiger partial charge in [0, 0.05) is 48.7 Å². The molecule has 8 rings (SSSR count). The molecule has 5 heterocycles. The predicted octanol–water partition coefficient (Wildman–Crippen LogP) is 7.60. The van der Waals surface area contributed by atoms with Gasteiger partial charge in [0.1, 0.15) is 17.7 Å². The number of urea groups is 1. The van der Waals surface area contributed by atoms with Gasteiger partial charge in [0.2, 0.25) is 5.95 Å². The first-order chi connectivity index (χ1) is 28.0. The van der Waals surface area contributed by atoms with Crippen molar-refractivity contribution in [3.63, 3.8) is 0 Å². The molecule has 3 aromatic heterocycles. The van der Waals surface area contributed by atoms with E-state index in [-0.39, 0.29) is 30.1 Å². The monoisotopic (exact) mass is 811 g/mol. The van der Waals surface area contributed by atoms with E-state index in [1.807, 2.05) is 57.7 Å². The summed E-state index contributed by atoms with van der Waals surface area (Å²) in [6.45, 7) is 13.6. The maximum atomic E-state index is 13.8. The van der Waals surface area contributed by atoms with Gasteiger partial charge in [0.15, 0.2) is 5.65 Å². The number of halogens is 1. The first kappa shape index (κ1) is 41.0. The molecule has 2 amide bonds. The van der Waals surface area contributed by atoms with Crippen molar-refractivity contribution in [2.75, 3.05) is 49.6 Å². The molecule has 308 valence electrons. The quantitative estimate of drug-likeness (QED) is 0.127. The smallest absolute Gasteiger partial charge is 0.320 e. The lowest BCUT2D eigenvalue weighted by Gasteiger charge is -2.33. The number of pyridine rings is 1. The number of rotatable bonds is 9. The molecule has 0 spiro atoms. The Labute approximate surface area is 344 Å². The zero-order chi connectivity index (χ0) is 40.8. The average molecular weight is 812 g/mol. The molecule has 3 N–H and O–H groups in total. The average Bonchev–Trinajstić information content (AvgIpc) is 3.84. The molecule has 58 heavy (non-hydrogen) atoms. The fourth-order valence-electron chi connectivity index (χ4n) is 8.04. The summed E-state index contributed by atoms with van der Waals surface area (Å²) in [6, 6.07) is 20.0. The van der Waals surface area contributed by atoms with E-state index < -0.39 is 0 Å². The van der Waals surface area contributed by atoms with Crippen LogP contribution in [0.1, 0.15) is 94.3 Å². The molecule has 0 saturated carbocycles. The van der Waals surface area contributed by atoms with E-state index >= 15 is 0 Å². The van der Waals surface area contributed by atoms with Gasteiger partial charge in [0.05, 0.1) is 36.8 Å². The Morgan fingerprint density at radius 1 is 1.00 bits per heavy atom. The third-order valence-electron chi connectivity index (χ3n) is 11.2. The number of anilines is 2. The predicted molar refractivity (Wildman–Crippen MR) is 225 cm³/mol. The number of hydrogen-bond donors (Lipinski definition) is 3. The van der Waals surface area contributed by atoms with Crippen LogP contribution in [0.5, 0.6) is 5.75 Å². The molecular weight excluding hydrogens is 758 g/mol. The van der Waals surface area contributed by atoms with E-state index in [0.717, 1.165) is 122 Å². The molecule has 1 aliphatic carbocycles. The van der Waals surface area contributed by atoms with E-state index in [1.165, 1.54) is 6.42 Å². The third kappa shape index (κ3) is 9.40. The van der Waals surface area contributed by atoms with Crippen LogP contribution in [0.4, 0.5) is 16.6 Å². The SMILES string of the molecule is C[C@H]1CCCCN1c1nnc2ccc(O[C@@H]3CC[C@H](NC(=O)Nc4cc(C(C)(C)C)nn4-c4ccc(Cl)c(CCN5CCOCC5)c4)c4ccccc43)cn12.O=CO. The fourth-order valence-corrected chi connectivity index (χ4v) is 8.25. The lowest BCUT2D eigenvalue weighted by molar-refractivity contribution is -0.122. The van der Waals surface area contributed by atoms with Crippen molar-refractivity contribution in [3.05, 3.63) is 94.3 Å². The lowest BCUT2D eigenvalue weighted by Crippen LogP contribution is -2.38. The molecule has 5 aromatic rings. The highest BCUT2D eigenvalue weighted by molar-refractivity contribution is 6.31. The second-order valence-electron chi connectivity index (χ2n) is 16.3. The lowest BCUT2D eigenvalue weighted by atomic mass is 9.85. The zero-order valence-corrected chi connectivity index (χ0v) is 34.5. The number of piperidine rings is 1. The van der Waals surface area contributed by atoms with Crippen molar-refractivity contribution in [3.8, 4) is 11.4 Å². The number of carbonyl (C=O) groups excluding carboxylic acids is 1. The van der Waals surface area contributed by atoms with E-state index in [9.17, 15) is 4.79 Å². The summed E-state index contributed by atoms with van der Waals surface area (Å²) in [4.78, 5) is 26.9. The molecule has 0 unspecified atom stereocenters. The van der Waals surface area contributed by atoms with Crippen molar-refractivity contribution < 1.29 is 24.2 Å². The van der Waals surface area contributed by atoms with Crippen molar-refractivity contribution in [2.45, 2.75) is 89.8 Å². The number of morpholine rings is 1. The number of ether oxygens (including phenoxy) is 2. The molecule has 14 nitrogen and oxygen atoms in total. The van der Waals surface area contributed by atoms with Crippen LogP contribution in [0, 0.1) is 0 Å². The summed E-state index contributed by atoms with van der Waals surface area (Å²) in [5.74, 6) is 2.22. The Morgan fingerprint density at radius 3 is 2.53 bits per heavy atom. The number of aromatic nitrogens is 5. The molecule has 3 atom stereocenters. The second-order valence-corrected chi connectivity index (χ2v) is 16.7. The van der Waals surface area contributed by atoms with E-state index in [0.29, 0.717) is 11.9 Å². The topological polar surface area (TPSA) is 151 Å². The molecule has 2 fully saturated rings. The van der Waals surface area contributed by atoms with Crippen molar-refractivity contribution in [1.29, 1.82) is 0 Å². The standard InChI is InChI=1S/C42H52ClN9O3.CH2O2/c1-28-9-7-8-19-50(28)41-47-46-38-17-13-31(27-51(38)41)55-36-16-15-35(32-10-5-6-11-33(32)36)44-40(53)45-39-26-37(42(2,3)4)48-52(39)30-12-14-34(43)29(25-30)18-20-49-21-23-54-24-22-49;2-1-3/h5-6,10-14,17,25-28,35-36H,7-9,15-16,18-24H2,1-4H3,(H2,44,45,53);1H,(H,2,3)/t28-,35-,36+;/m0./s1. The number of carbonyl (C=O) groups is 2. The number of carboxylic acid groups (broad SMARTS) is 1. The summed E-state index contributed by atoms with van der Waals surface area (Å²) in [7, 11) is 0. The number of nitrogens with zero attached hydrogens (tertiary/aromatic N) is 7. The van der Waals surface area contributed by atoms with Gasteiger partial charge in [0.25, 0.3) is 6.47 Å². The minimum atomic E-state index is -0.292. The van der Waals surface area contributed by atoms with Crippen molar-refractivity contribution >= 4 is 41.5 Å². The largest absolute Gasteiger partial charge is 0.484 e. The first-order valence-corrected chi connectivity index (χ1v) is 20.6. The number of nitrogens with one attached hydrogen (secondary N) is 2. The molecule has 2 aromatic carbocycles. The maximum Gasteiger partial charge on any atom is 0.320 e. The number of amides is 2. The Kier molecular flexibility index (Phi) is 12.8. The van der Waals surface area contributed by atoms with Crippen LogP contribution >= 0.6 is 11.6 Å². The summed E-state index contributed by atoms with van der Waals surface area (Å²) in [6.07, 6.45) is 7.66. The Bertz CT molecular complexity index is 2190. The van der Waals surface area contributed by atoms with Gasteiger partial charge >= 0.3 is 6.03 Å². The van der Waals surface area contributed by atoms with Gasteiger partial charge in [-0.1, -0.05) is 56.6 Å². The zero-order valence-electron chi connectivity index (χ0n) is 33.7. The Morgan fingerprint density at radius 2 is 1.78 bits per heavy atom. The first-order valence-electron chi connectivity index (χ1n) is 20.2. The summed E-state index contributed by atoms with van der Waals surface area (Å²) >= 11 is 6.70.